The molecule has 2 atom stereocenters. The number of aliphatic hydroxyl groups is 1. The molecule has 1 aromatic rings. The van der Waals surface area contributed by atoms with E-state index in [4.69, 9.17) is 14.2 Å². The minimum atomic E-state index is -0.469. The van der Waals surface area contributed by atoms with Gasteiger partial charge in [-0.25, -0.2) is 0 Å². The van der Waals surface area contributed by atoms with Crippen molar-refractivity contribution in [3.05, 3.63) is 23.8 Å². The van der Waals surface area contributed by atoms with Crippen molar-refractivity contribution < 1.29 is 24.1 Å². The number of carbonyl (C=O) groups is 1. The number of amides is 1. The lowest BCUT2D eigenvalue weighted by atomic mass is 9.97. The highest BCUT2D eigenvalue weighted by molar-refractivity contribution is 5.79. The molecule has 1 heterocycles. The topological polar surface area (TPSA) is 71.5 Å². The summed E-state index contributed by atoms with van der Waals surface area (Å²) in [6.45, 7) is 1.04. The highest BCUT2D eigenvalue weighted by atomic mass is 16.5. The maximum absolute atomic E-state index is 12.6. The number of carbonyl (C=O) groups excluding carboxylic acids is 1. The molecule has 134 valence electrons. The van der Waals surface area contributed by atoms with Gasteiger partial charge in [-0.05, 0) is 31.8 Å². The molecular formula is C17H26N2O5. The Hall–Kier alpha value is -1.83. The molecule has 7 nitrogen and oxygen atoms in total. The maximum atomic E-state index is 12.6. The van der Waals surface area contributed by atoms with Crippen LogP contribution in [0.4, 0.5) is 0 Å². The molecule has 2 unspecified atom stereocenters. The molecule has 0 saturated carbocycles. The molecule has 1 fully saturated rings. The van der Waals surface area contributed by atoms with Crippen LogP contribution in [0.25, 0.3) is 0 Å². The summed E-state index contributed by atoms with van der Waals surface area (Å²) in [6, 6.07) is 5.14. The third kappa shape index (κ3) is 3.98. The monoisotopic (exact) mass is 338 g/mol. The number of nitrogens with zero attached hydrogens (tertiary/aromatic N) is 2. The first-order valence-electron chi connectivity index (χ1n) is 7.90. The van der Waals surface area contributed by atoms with Crippen molar-refractivity contribution in [3.8, 4) is 11.5 Å². The second-order valence-corrected chi connectivity index (χ2v) is 5.98. The van der Waals surface area contributed by atoms with E-state index in [1.807, 2.05) is 31.1 Å². The van der Waals surface area contributed by atoms with Gasteiger partial charge in [0.15, 0.2) is 11.5 Å². The van der Waals surface area contributed by atoms with Crippen molar-refractivity contribution in [2.24, 2.45) is 0 Å². The Morgan fingerprint density at radius 2 is 2.04 bits per heavy atom. The summed E-state index contributed by atoms with van der Waals surface area (Å²) in [5.41, 5.74) is 0.846. The van der Waals surface area contributed by atoms with Crippen LogP contribution < -0.4 is 9.47 Å². The predicted molar refractivity (Wildman–Crippen MR) is 89.4 cm³/mol. The summed E-state index contributed by atoms with van der Waals surface area (Å²) in [6.07, 6.45) is -0.469. The third-order valence-corrected chi connectivity index (χ3v) is 4.05. The number of benzene rings is 1. The van der Waals surface area contributed by atoms with Gasteiger partial charge in [-0.2, -0.15) is 0 Å². The lowest BCUT2D eigenvalue weighted by molar-refractivity contribution is -0.150. The van der Waals surface area contributed by atoms with Gasteiger partial charge in [0, 0.05) is 6.54 Å². The molecule has 1 amide bonds. The van der Waals surface area contributed by atoms with Crippen LogP contribution in [0, 0.1) is 0 Å². The summed E-state index contributed by atoms with van der Waals surface area (Å²) in [7, 11) is 6.85. The second kappa shape index (κ2) is 8.32. The first-order valence-corrected chi connectivity index (χ1v) is 7.90. The smallest absolute Gasteiger partial charge is 0.237 e. The van der Waals surface area contributed by atoms with E-state index in [2.05, 4.69) is 0 Å². The number of likely N-dealkylation sites (N-methyl/N-ethyl adjacent to an activating group) is 1. The summed E-state index contributed by atoms with van der Waals surface area (Å²) >= 11 is 0. The van der Waals surface area contributed by atoms with Gasteiger partial charge in [0.2, 0.25) is 5.91 Å². The van der Waals surface area contributed by atoms with Gasteiger partial charge in [-0.3, -0.25) is 4.79 Å². The average molecular weight is 338 g/mol. The van der Waals surface area contributed by atoms with Gasteiger partial charge in [-0.15, -0.1) is 0 Å². The fraction of sp³-hybridized carbons (Fsp3) is 0.588. The van der Waals surface area contributed by atoms with E-state index in [-0.39, 0.29) is 18.6 Å². The van der Waals surface area contributed by atoms with E-state index in [0.29, 0.717) is 31.2 Å². The van der Waals surface area contributed by atoms with Crippen molar-refractivity contribution in [2.45, 2.75) is 12.1 Å². The fourth-order valence-corrected chi connectivity index (χ4v) is 2.96. The van der Waals surface area contributed by atoms with E-state index < -0.39 is 6.10 Å². The number of aliphatic hydroxyl groups excluding tert-OH is 1. The Balaban J connectivity index is 2.37. The molecule has 2 rings (SSSR count). The molecule has 1 aliphatic heterocycles. The lowest BCUT2D eigenvalue weighted by Crippen LogP contribution is -2.51. The van der Waals surface area contributed by atoms with Crippen LogP contribution in [0.5, 0.6) is 11.5 Å². The maximum Gasteiger partial charge on any atom is 0.237 e. The molecule has 1 saturated heterocycles. The highest BCUT2D eigenvalue weighted by Crippen LogP contribution is 2.35. The van der Waals surface area contributed by atoms with Crippen LogP contribution in [-0.2, 0) is 9.53 Å². The van der Waals surface area contributed by atoms with Gasteiger partial charge in [-0.1, -0.05) is 6.07 Å². The normalized spacial score (nSPS) is 21.0. The van der Waals surface area contributed by atoms with Gasteiger partial charge in [0.05, 0.1) is 40.0 Å². The molecule has 7 heteroatoms. The molecule has 0 aromatic heterocycles. The van der Waals surface area contributed by atoms with Crippen molar-refractivity contribution in [2.75, 3.05) is 54.6 Å². The van der Waals surface area contributed by atoms with Gasteiger partial charge in [0.25, 0.3) is 0 Å². The molecule has 0 aliphatic carbocycles. The quantitative estimate of drug-likeness (QED) is 0.816. The van der Waals surface area contributed by atoms with E-state index in [1.165, 1.54) is 0 Å². The molecule has 1 aromatic carbocycles. The van der Waals surface area contributed by atoms with Crippen LogP contribution >= 0.6 is 0 Å². The molecule has 0 radical (unpaired) electrons. The zero-order valence-corrected chi connectivity index (χ0v) is 14.7. The minimum Gasteiger partial charge on any atom is -0.493 e. The van der Waals surface area contributed by atoms with Crippen LogP contribution in [0.1, 0.15) is 11.6 Å². The largest absolute Gasteiger partial charge is 0.493 e. The van der Waals surface area contributed by atoms with Crippen molar-refractivity contribution in [3.63, 3.8) is 0 Å². The van der Waals surface area contributed by atoms with Crippen molar-refractivity contribution in [1.82, 2.24) is 9.80 Å². The molecule has 1 N–H and O–H groups in total. The predicted octanol–water partition coefficient (Wildman–Crippen LogP) is 0.526. The first kappa shape index (κ1) is 18.5. The highest BCUT2D eigenvalue weighted by Gasteiger charge is 2.36. The number of morpholine rings is 1. The van der Waals surface area contributed by atoms with E-state index in [0.717, 1.165) is 5.56 Å². The van der Waals surface area contributed by atoms with Crippen molar-refractivity contribution in [1.29, 1.82) is 0 Å². The van der Waals surface area contributed by atoms with Crippen LogP contribution in [0.15, 0.2) is 18.2 Å². The Labute approximate surface area is 142 Å². The fourth-order valence-electron chi connectivity index (χ4n) is 2.96. The number of ether oxygens (including phenoxy) is 3. The Kier molecular flexibility index (Phi) is 6.42. The molecular weight excluding hydrogens is 312 g/mol. The van der Waals surface area contributed by atoms with Gasteiger partial charge >= 0.3 is 0 Å². The SMILES string of the molecule is COc1ccc(C2C(CO)OCCN2C(=O)CN(C)C)cc1OC. The van der Waals surface area contributed by atoms with E-state index in [9.17, 15) is 9.90 Å². The molecule has 1 aliphatic rings. The third-order valence-electron chi connectivity index (χ3n) is 4.05. The molecule has 0 bridgehead atoms. The number of hydrogen-bond acceptors (Lipinski definition) is 6. The van der Waals surface area contributed by atoms with E-state index in [1.54, 1.807) is 25.2 Å². The number of hydrogen-bond donors (Lipinski definition) is 1. The standard InChI is InChI=1S/C17H26N2O5/c1-18(2)10-16(21)19-7-8-24-15(11-20)17(19)12-5-6-13(22-3)14(9-12)23-4/h5-6,9,15,17,20H,7-8,10-11H2,1-4H3. The number of rotatable bonds is 6. The van der Waals surface area contributed by atoms with Gasteiger partial charge in [0.1, 0.15) is 6.10 Å². The summed E-state index contributed by atoms with van der Waals surface area (Å²) in [5.74, 6) is 1.20. The summed E-state index contributed by atoms with van der Waals surface area (Å²) < 4.78 is 16.3. The molecule has 0 spiro atoms. The van der Waals surface area contributed by atoms with Gasteiger partial charge < -0.3 is 29.1 Å². The zero-order chi connectivity index (χ0) is 17.7. The Morgan fingerprint density at radius 1 is 1.33 bits per heavy atom. The van der Waals surface area contributed by atoms with Crippen molar-refractivity contribution >= 4 is 5.91 Å². The minimum absolute atomic E-state index is 0.00142. The number of methoxy groups -OCH3 is 2. The Morgan fingerprint density at radius 3 is 2.62 bits per heavy atom. The van der Waals surface area contributed by atoms with E-state index >= 15 is 0 Å². The Bertz CT molecular complexity index is 564. The average Bonchev–Trinajstić information content (AvgIpc) is 2.59. The lowest BCUT2D eigenvalue weighted by Gasteiger charge is -2.41. The molecule has 24 heavy (non-hydrogen) atoms. The van der Waals surface area contributed by atoms with Crippen LogP contribution in [-0.4, -0.2) is 81.5 Å². The summed E-state index contributed by atoms with van der Waals surface area (Å²) in [5, 5.41) is 9.70. The van der Waals surface area contributed by atoms with Crippen LogP contribution in [0.2, 0.25) is 0 Å². The second-order valence-electron chi connectivity index (χ2n) is 5.98. The van der Waals surface area contributed by atoms with Crippen LogP contribution in [0.3, 0.4) is 0 Å². The zero-order valence-electron chi connectivity index (χ0n) is 14.7. The summed E-state index contributed by atoms with van der Waals surface area (Å²) in [4.78, 5) is 16.2. The first-order chi connectivity index (χ1) is 11.5.